The van der Waals surface area contributed by atoms with E-state index in [1.54, 1.807) is 0 Å². The molecule has 0 radical (unpaired) electrons. The van der Waals surface area contributed by atoms with Gasteiger partial charge in [0, 0.05) is 50.8 Å². The van der Waals surface area contributed by atoms with Crippen molar-refractivity contribution in [3.8, 4) is 17.6 Å². The van der Waals surface area contributed by atoms with Crippen LogP contribution < -0.4 is 20.7 Å². The van der Waals surface area contributed by atoms with E-state index in [-0.39, 0.29) is 70.6 Å². The third-order valence-corrected chi connectivity index (χ3v) is 7.65. The molecule has 2 atom stereocenters. The van der Waals surface area contributed by atoms with Crippen LogP contribution in [0.25, 0.3) is 11.0 Å². The number of likely N-dealkylation sites (tertiary alicyclic amines) is 1. The quantitative estimate of drug-likeness (QED) is 0.218. The van der Waals surface area contributed by atoms with Gasteiger partial charge in [-0.05, 0) is 30.5 Å². The topological polar surface area (TPSA) is 101 Å². The number of hydrogen-bond acceptors (Lipinski definition) is 6. The molecule has 0 saturated carbocycles. The summed E-state index contributed by atoms with van der Waals surface area (Å²) in [5.41, 5.74) is 0.488. The van der Waals surface area contributed by atoms with Crippen LogP contribution >= 0.6 is 0 Å². The van der Waals surface area contributed by atoms with Gasteiger partial charge in [0.2, 0.25) is 6.43 Å². The molecule has 15 heteroatoms. The van der Waals surface area contributed by atoms with Gasteiger partial charge in [-0.25, -0.2) is 18.2 Å². The monoisotopic (exact) mass is 652 g/mol. The number of carbonyl (C=O) groups is 2. The van der Waals surface area contributed by atoms with Gasteiger partial charge in [-0.2, -0.15) is 13.2 Å². The first-order valence-corrected chi connectivity index (χ1v) is 14.5. The normalized spacial score (nSPS) is 17.0. The first-order valence-electron chi connectivity index (χ1n) is 14.5. The van der Waals surface area contributed by atoms with Gasteiger partial charge < -0.3 is 30.2 Å². The Morgan fingerprint density at radius 1 is 1.15 bits per heavy atom. The number of methoxy groups -OCH3 is 1. The highest BCUT2D eigenvalue weighted by atomic mass is 19.4. The fourth-order valence-corrected chi connectivity index (χ4v) is 5.36. The standard InChI is InChI=1S/C31H34F6N6O3/c1-18-15-42(10-7-27(33)34)9-6-23(18)41-30(45)21-11-19(12-25-28(21)40-17-43(25)16-31(35,36)37)5-4-8-39-24-13-20(29(44)38-2)22(32)14-26(24)46-3/h11-14,17-18,23,27,39H,6-10,15-16H2,1-3H3,(H,38,44)(H,41,45)/t18-,23-/m0/s1. The predicted octanol–water partition coefficient (Wildman–Crippen LogP) is 4.66. The fraction of sp³-hybridized carbons (Fsp3) is 0.452. The fourth-order valence-electron chi connectivity index (χ4n) is 5.36. The molecule has 1 aliphatic heterocycles. The molecule has 248 valence electrons. The van der Waals surface area contributed by atoms with Gasteiger partial charge in [0.1, 0.15) is 23.6 Å². The van der Waals surface area contributed by atoms with E-state index in [4.69, 9.17) is 4.74 Å². The lowest BCUT2D eigenvalue weighted by Gasteiger charge is -2.37. The van der Waals surface area contributed by atoms with Gasteiger partial charge in [0.15, 0.2) is 0 Å². The van der Waals surface area contributed by atoms with Crippen LogP contribution in [0.4, 0.5) is 32.0 Å². The second-order valence-electron chi connectivity index (χ2n) is 11.0. The van der Waals surface area contributed by atoms with Crippen LogP contribution in [-0.4, -0.2) is 85.2 Å². The summed E-state index contributed by atoms with van der Waals surface area (Å²) >= 11 is 0. The number of nitrogens with zero attached hydrogens (tertiary/aromatic N) is 3. The molecule has 9 nitrogen and oxygen atoms in total. The number of piperidine rings is 1. The van der Waals surface area contributed by atoms with E-state index in [9.17, 15) is 35.9 Å². The largest absolute Gasteiger partial charge is 0.494 e. The van der Waals surface area contributed by atoms with Crippen LogP contribution in [0.15, 0.2) is 30.6 Å². The third-order valence-electron chi connectivity index (χ3n) is 7.65. The van der Waals surface area contributed by atoms with Crippen LogP contribution in [0.1, 0.15) is 46.0 Å². The van der Waals surface area contributed by atoms with Crippen LogP contribution in [-0.2, 0) is 6.54 Å². The Labute approximate surface area is 261 Å². The summed E-state index contributed by atoms with van der Waals surface area (Å²) in [5.74, 6) is 3.77. The number of halogens is 6. The summed E-state index contributed by atoms with van der Waals surface area (Å²) in [4.78, 5) is 31.5. The number of anilines is 1. The molecule has 0 spiro atoms. The highest BCUT2D eigenvalue weighted by Gasteiger charge is 2.31. The lowest BCUT2D eigenvalue weighted by Crippen LogP contribution is -2.50. The molecule has 2 heterocycles. The predicted molar refractivity (Wildman–Crippen MR) is 160 cm³/mol. The molecule has 1 aliphatic rings. The number of ether oxygens (including phenoxy) is 1. The highest BCUT2D eigenvalue weighted by Crippen LogP contribution is 2.28. The molecule has 0 bridgehead atoms. The molecule has 0 aliphatic carbocycles. The maximum Gasteiger partial charge on any atom is 0.406 e. The SMILES string of the molecule is CNC(=O)c1cc(NCC#Cc2cc(C(=O)N[C@H]3CCN(CCC(F)F)C[C@@H]3C)c3ncn(CC(F)(F)F)c3c2)c(OC)cc1F. The lowest BCUT2D eigenvalue weighted by molar-refractivity contribution is -0.140. The molecule has 3 aromatic rings. The van der Waals surface area contributed by atoms with Gasteiger partial charge in [-0.15, -0.1) is 0 Å². The second-order valence-corrected chi connectivity index (χ2v) is 11.0. The second kappa shape index (κ2) is 14.8. The Morgan fingerprint density at radius 2 is 1.91 bits per heavy atom. The lowest BCUT2D eigenvalue weighted by atomic mass is 9.93. The van der Waals surface area contributed by atoms with Crippen molar-refractivity contribution in [3.63, 3.8) is 0 Å². The van der Waals surface area contributed by atoms with Crippen molar-refractivity contribution >= 4 is 28.5 Å². The van der Waals surface area contributed by atoms with E-state index in [0.717, 1.165) is 17.0 Å². The van der Waals surface area contributed by atoms with Gasteiger partial charge in [-0.3, -0.25) is 9.59 Å². The summed E-state index contributed by atoms with van der Waals surface area (Å²) in [5, 5.41) is 8.23. The summed E-state index contributed by atoms with van der Waals surface area (Å²) in [6.45, 7) is 1.82. The molecule has 4 rings (SSSR count). The van der Waals surface area contributed by atoms with Crippen molar-refractivity contribution in [3.05, 3.63) is 53.1 Å². The summed E-state index contributed by atoms with van der Waals surface area (Å²) in [6.07, 6.45) is -5.65. The number of hydrogen-bond donors (Lipinski definition) is 3. The van der Waals surface area contributed by atoms with E-state index < -0.39 is 36.8 Å². The summed E-state index contributed by atoms with van der Waals surface area (Å²) < 4.78 is 85.6. The minimum Gasteiger partial charge on any atom is -0.494 e. The molecule has 1 aromatic heterocycles. The Morgan fingerprint density at radius 3 is 2.57 bits per heavy atom. The number of carbonyl (C=O) groups excluding carboxylic acids is 2. The van der Waals surface area contributed by atoms with Gasteiger partial charge in [0.25, 0.3) is 11.8 Å². The minimum atomic E-state index is -4.54. The van der Waals surface area contributed by atoms with Crippen LogP contribution in [0, 0.1) is 23.6 Å². The van der Waals surface area contributed by atoms with Gasteiger partial charge in [-0.1, -0.05) is 18.8 Å². The Hall–Kier alpha value is -4.45. The molecule has 3 N–H and O–H groups in total. The average molecular weight is 653 g/mol. The van der Waals surface area contributed by atoms with Crippen molar-refractivity contribution in [1.82, 2.24) is 25.1 Å². The average Bonchev–Trinajstić information content (AvgIpc) is 3.39. The number of benzene rings is 2. The van der Waals surface area contributed by atoms with Gasteiger partial charge in [0.05, 0.1) is 42.3 Å². The summed E-state index contributed by atoms with van der Waals surface area (Å²) in [7, 11) is 2.69. The molecule has 1 saturated heterocycles. The number of aromatic nitrogens is 2. The Balaban J connectivity index is 1.58. The molecular formula is C31H34F6N6O3. The Kier molecular flexibility index (Phi) is 11.0. The maximum absolute atomic E-state index is 14.3. The molecular weight excluding hydrogens is 618 g/mol. The first kappa shape index (κ1) is 34.4. The van der Waals surface area contributed by atoms with E-state index in [2.05, 4.69) is 32.8 Å². The zero-order valence-electron chi connectivity index (χ0n) is 25.4. The zero-order chi connectivity index (χ0) is 33.6. The summed E-state index contributed by atoms with van der Waals surface area (Å²) in [6, 6.07) is 4.88. The number of imidazole rings is 1. The van der Waals surface area contributed by atoms with E-state index in [1.807, 2.05) is 11.8 Å². The van der Waals surface area contributed by atoms with Crippen molar-refractivity contribution < 1.29 is 40.7 Å². The van der Waals surface area contributed by atoms with Crippen molar-refractivity contribution in [2.75, 3.05) is 45.7 Å². The minimum absolute atomic E-state index is 0.0296. The van der Waals surface area contributed by atoms with E-state index >= 15 is 0 Å². The molecule has 0 unspecified atom stereocenters. The van der Waals surface area contributed by atoms with Gasteiger partial charge >= 0.3 is 6.18 Å². The molecule has 46 heavy (non-hydrogen) atoms. The smallest absolute Gasteiger partial charge is 0.406 e. The third kappa shape index (κ3) is 8.63. The zero-order valence-corrected chi connectivity index (χ0v) is 25.4. The number of fused-ring (bicyclic) bond motifs is 1. The number of nitrogens with one attached hydrogen (secondary N) is 3. The van der Waals surface area contributed by atoms with E-state index in [0.29, 0.717) is 19.5 Å². The molecule has 2 aromatic carbocycles. The van der Waals surface area contributed by atoms with Crippen LogP contribution in [0.5, 0.6) is 5.75 Å². The number of alkyl halides is 5. The van der Waals surface area contributed by atoms with E-state index in [1.165, 1.54) is 32.4 Å². The number of rotatable bonds is 10. The highest BCUT2D eigenvalue weighted by molar-refractivity contribution is 6.05. The van der Waals surface area contributed by atoms with Crippen molar-refractivity contribution in [2.24, 2.45) is 5.92 Å². The van der Waals surface area contributed by atoms with Crippen molar-refractivity contribution in [1.29, 1.82) is 0 Å². The maximum atomic E-state index is 14.3. The Bertz CT molecular complexity index is 1630. The molecule has 2 amide bonds. The van der Waals surface area contributed by atoms with Crippen LogP contribution in [0.2, 0.25) is 0 Å². The van der Waals surface area contributed by atoms with Crippen LogP contribution in [0.3, 0.4) is 0 Å². The number of amides is 2. The first-order chi connectivity index (χ1) is 21.8. The van der Waals surface area contributed by atoms with Crippen molar-refractivity contribution in [2.45, 2.75) is 45.0 Å². The molecule has 1 fully saturated rings.